The van der Waals surface area contributed by atoms with Crippen LogP contribution in [0.1, 0.15) is 44.2 Å². The van der Waals surface area contributed by atoms with Crippen molar-refractivity contribution in [2.24, 2.45) is 0 Å². The van der Waals surface area contributed by atoms with Gasteiger partial charge in [-0.2, -0.15) is 23.1 Å². The van der Waals surface area contributed by atoms with Crippen molar-refractivity contribution in [1.82, 2.24) is 25.2 Å². The number of nitrogen functional groups attached to an aromatic ring is 1. The molecular weight excluding hydrogens is 604 g/mol. The van der Waals surface area contributed by atoms with E-state index in [1.165, 1.54) is 6.92 Å². The normalized spacial score (nSPS) is 27.4. The molecule has 3 N–H and O–H groups in total. The maximum absolute atomic E-state index is 16.7. The van der Waals surface area contributed by atoms with Gasteiger partial charge in [0.15, 0.2) is 5.82 Å². The first-order chi connectivity index (χ1) is 21.2. The van der Waals surface area contributed by atoms with Crippen molar-refractivity contribution < 1.29 is 35.8 Å². The number of rotatable bonds is 5. The van der Waals surface area contributed by atoms with Gasteiger partial charge in [0.05, 0.1) is 23.7 Å². The van der Waals surface area contributed by atoms with Crippen LogP contribution < -0.4 is 25.4 Å². The molecule has 0 amide bonds. The van der Waals surface area contributed by atoms with Crippen LogP contribution >= 0.6 is 0 Å². The average molecular weight is 638 g/mol. The minimum atomic E-state index is -4.85. The van der Waals surface area contributed by atoms with Crippen molar-refractivity contribution in [2.45, 2.75) is 75.9 Å². The maximum Gasteiger partial charge on any atom is 0.417 e. The van der Waals surface area contributed by atoms with E-state index < -0.39 is 46.4 Å². The van der Waals surface area contributed by atoms with E-state index in [1.807, 2.05) is 18.7 Å². The number of nitrogens with one attached hydrogen (secondary N) is 1. The molecule has 0 aliphatic carbocycles. The molecule has 0 unspecified atom stereocenters. The van der Waals surface area contributed by atoms with Gasteiger partial charge < -0.3 is 25.4 Å². The third-order valence-electron chi connectivity index (χ3n) is 9.63. The van der Waals surface area contributed by atoms with Gasteiger partial charge in [-0.15, -0.1) is 0 Å². The van der Waals surface area contributed by atoms with E-state index in [9.17, 15) is 22.0 Å². The minimum absolute atomic E-state index is 0.00369. The molecule has 3 aromatic rings. The molecule has 0 radical (unpaired) electrons. The van der Waals surface area contributed by atoms with Crippen molar-refractivity contribution in [3.63, 3.8) is 0 Å². The number of nitrogens with two attached hydrogens (primary N) is 1. The maximum atomic E-state index is 16.7. The molecule has 45 heavy (non-hydrogen) atoms. The molecule has 0 bridgehead atoms. The summed E-state index contributed by atoms with van der Waals surface area (Å²) in [5.41, 5.74) is 2.23. The van der Waals surface area contributed by atoms with Crippen molar-refractivity contribution in [2.75, 3.05) is 43.4 Å². The predicted molar refractivity (Wildman–Crippen MR) is 154 cm³/mol. The lowest BCUT2D eigenvalue weighted by Crippen LogP contribution is -2.62. The quantitative estimate of drug-likeness (QED) is 0.298. The molecule has 2 aromatic heterocycles. The summed E-state index contributed by atoms with van der Waals surface area (Å²) >= 11 is 0. The summed E-state index contributed by atoms with van der Waals surface area (Å²) in [5, 5.41) is 3.56. The smallest absolute Gasteiger partial charge is 0.417 e. The number of halogens is 6. The molecule has 0 saturated carbocycles. The van der Waals surface area contributed by atoms with E-state index in [-0.39, 0.29) is 71.5 Å². The zero-order valence-corrected chi connectivity index (χ0v) is 24.9. The van der Waals surface area contributed by atoms with Crippen molar-refractivity contribution >= 4 is 22.4 Å². The number of ether oxygens (including phenoxy) is 2. The number of piperazine rings is 1. The summed E-state index contributed by atoms with van der Waals surface area (Å²) in [4.78, 5) is 17.0. The molecule has 3 fully saturated rings. The van der Waals surface area contributed by atoms with E-state index in [2.05, 4.69) is 20.3 Å². The van der Waals surface area contributed by atoms with E-state index >= 15 is 4.39 Å². The van der Waals surface area contributed by atoms with Crippen molar-refractivity contribution in [1.29, 1.82) is 0 Å². The first-order valence-corrected chi connectivity index (χ1v) is 15.0. The number of benzene rings is 1. The molecule has 6 heterocycles. The molecule has 1 aromatic carbocycles. The summed E-state index contributed by atoms with van der Waals surface area (Å²) in [6.45, 7) is 6.09. The van der Waals surface area contributed by atoms with Crippen LogP contribution in [0.5, 0.6) is 11.9 Å². The van der Waals surface area contributed by atoms with Crippen LogP contribution in [0.4, 0.5) is 37.8 Å². The number of hydrogen-bond donors (Lipinski definition) is 2. The Kier molecular flexibility index (Phi) is 6.82. The highest BCUT2D eigenvalue weighted by Gasteiger charge is 2.60. The largest absolute Gasteiger partial charge is 0.472 e. The lowest BCUT2D eigenvalue weighted by atomic mass is 9.85. The number of aromatic nitrogens is 3. The zero-order chi connectivity index (χ0) is 32.1. The Labute approximate surface area is 255 Å². The number of fused-ring (bicyclic) bond motifs is 3. The van der Waals surface area contributed by atoms with Crippen LogP contribution in [0.3, 0.4) is 0 Å². The lowest BCUT2D eigenvalue weighted by molar-refractivity contribution is -0.137. The zero-order valence-electron chi connectivity index (χ0n) is 24.9. The average Bonchev–Trinajstić information content (AvgIpc) is 3.06. The molecule has 0 spiro atoms. The number of hydrogen-bond acceptors (Lipinski definition) is 9. The van der Waals surface area contributed by atoms with Crippen LogP contribution in [-0.4, -0.2) is 82.3 Å². The molecule has 15 heteroatoms. The third-order valence-corrected chi connectivity index (χ3v) is 9.63. The summed E-state index contributed by atoms with van der Waals surface area (Å²) in [6.07, 6.45) is -4.55. The summed E-state index contributed by atoms with van der Waals surface area (Å²) in [7, 11) is 0. The van der Waals surface area contributed by atoms with E-state index in [0.29, 0.717) is 26.1 Å². The predicted octanol–water partition coefficient (Wildman–Crippen LogP) is 4.94. The Hall–Kier alpha value is -3.59. The first kappa shape index (κ1) is 30.1. The SMILES string of the molecule is CC[C@@H]1NCCN2c3nc(OC[C@]45CCN4CC(F)(F)C5)nc4c(F)c(-c5cc(N)cc(C)c5C(F)(F)F)nc(c34)O[C@@H](C)[C@H]12. The molecular formula is C30H33F6N7O2. The Balaban J connectivity index is 1.42. The van der Waals surface area contributed by atoms with Crippen LogP contribution in [0.25, 0.3) is 22.2 Å². The number of anilines is 2. The highest BCUT2D eigenvalue weighted by Crippen LogP contribution is 2.49. The molecule has 3 saturated heterocycles. The molecule has 4 aliphatic rings. The van der Waals surface area contributed by atoms with Gasteiger partial charge in [0.1, 0.15) is 35.1 Å². The van der Waals surface area contributed by atoms with Gasteiger partial charge in [-0.05, 0) is 44.4 Å². The molecule has 9 nitrogen and oxygen atoms in total. The van der Waals surface area contributed by atoms with E-state index in [1.54, 1.807) is 4.90 Å². The van der Waals surface area contributed by atoms with Gasteiger partial charge in [0.25, 0.3) is 5.92 Å². The monoisotopic (exact) mass is 637 g/mol. The van der Waals surface area contributed by atoms with Crippen molar-refractivity contribution in [3.8, 4) is 23.1 Å². The first-order valence-electron chi connectivity index (χ1n) is 15.0. The van der Waals surface area contributed by atoms with Gasteiger partial charge in [0, 0.05) is 43.3 Å². The third kappa shape index (κ3) is 4.80. The minimum Gasteiger partial charge on any atom is -0.472 e. The van der Waals surface area contributed by atoms with Gasteiger partial charge in [-0.25, -0.2) is 18.2 Å². The van der Waals surface area contributed by atoms with Crippen LogP contribution in [0, 0.1) is 12.7 Å². The highest BCUT2D eigenvalue weighted by molar-refractivity contribution is 5.97. The topological polar surface area (TPSA) is 102 Å². The Morgan fingerprint density at radius 2 is 1.96 bits per heavy atom. The molecule has 242 valence electrons. The van der Waals surface area contributed by atoms with Crippen LogP contribution in [0.15, 0.2) is 12.1 Å². The number of alkyl halides is 5. The van der Waals surface area contributed by atoms with Gasteiger partial charge >= 0.3 is 12.2 Å². The summed E-state index contributed by atoms with van der Waals surface area (Å²) in [5.74, 6) is -3.85. The fourth-order valence-electron chi connectivity index (χ4n) is 7.60. The van der Waals surface area contributed by atoms with Gasteiger partial charge in [-0.1, -0.05) is 6.92 Å². The van der Waals surface area contributed by atoms with Crippen LogP contribution in [-0.2, 0) is 6.18 Å². The number of pyridine rings is 1. The van der Waals surface area contributed by atoms with Crippen molar-refractivity contribution in [3.05, 3.63) is 29.1 Å². The fraction of sp³-hybridized carbons (Fsp3) is 0.567. The van der Waals surface area contributed by atoms with Gasteiger partial charge in [0.2, 0.25) is 5.88 Å². The van der Waals surface area contributed by atoms with E-state index in [0.717, 1.165) is 18.6 Å². The molecule has 4 atom stereocenters. The van der Waals surface area contributed by atoms with E-state index in [4.69, 9.17) is 15.2 Å². The number of nitrogens with zero attached hydrogens (tertiary/aromatic N) is 5. The van der Waals surface area contributed by atoms with Crippen LogP contribution in [0.2, 0.25) is 0 Å². The second-order valence-corrected chi connectivity index (χ2v) is 12.6. The Morgan fingerprint density at radius 1 is 1.18 bits per heavy atom. The standard InChI is InChI=1S/C30H33F6N7O2/c1-4-18-24-15(3)45-26-19-23(21(31)22(39-26)17-10-16(37)9-14(2)20(17)30(34,35)36)40-27(41-25(19)43(24)8-6-38-18)44-13-28-5-7-42(28)12-29(32,33)11-28/h9-10,15,18,24,38H,4-8,11-13,37H2,1-3H3/t15-,18-,24+,28+/m0/s1. The number of aryl methyl sites for hydroxylation is 1. The lowest BCUT2D eigenvalue weighted by Gasteiger charge is -2.46. The Bertz CT molecular complexity index is 1690. The van der Waals surface area contributed by atoms with Gasteiger partial charge in [-0.3, -0.25) is 4.90 Å². The second kappa shape index (κ2) is 10.2. The Morgan fingerprint density at radius 3 is 2.62 bits per heavy atom. The highest BCUT2D eigenvalue weighted by atomic mass is 19.4. The molecule has 7 rings (SSSR count). The summed E-state index contributed by atoms with van der Waals surface area (Å²) in [6, 6.07) is 1.57. The second-order valence-electron chi connectivity index (χ2n) is 12.6. The molecule has 4 aliphatic heterocycles. The summed E-state index contributed by atoms with van der Waals surface area (Å²) < 4.78 is 101. The fourth-order valence-corrected chi connectivity index (χ4v) is 7.60.